The first-order valence-electron chi connectivity index (χ1n) is 11.3. The SMILES string of the molecule is O=C(NCC1(N2CCOCC2)CCCCC1)[C@@H]1CCCN1S(=O)(=O)c1ccc(F)cc1. The van der Waals surface area contributed by atoms with Gasteiger partial charge in [-0.25, -0.2) is 12.8 Å². The molecule has 31 heavy (non-hydrogen) atoms. The molecule has 0 aromatic heterocycles. The van der Waals surface area contributed by atoms with Crippen molar-refractivity contribution in [3.05, 3.63) is 30.1 Å². The summed E-state index contributed by atoms with van der Waals surface area (Å²) in [6, 6.07) is 4.06. The molecule has 1 aliphatic carbocycles. The van der Waals surface area contributed by atoms with Crippen molar-refractivity contribution in [1.82, 2.24) is 14.5 Å². The van der Waals surface area contributed by atoms with Crippen molar-refractivity contribution >= 4 is 15.9 Å². The minimum Gasteiger partial charge on any atom is -0.379 e. The molecule has 2 heterocycles. The first-order valence-corrected chi connectivity index (χ1v) is 12.7. The molecule has 172 valence electrons. The summed E-state index contributed by atoms with van der Waals surface area (Å²) in [5.74, 6) is -0.725. The zero-order chi connectivity index (χ0) is 21.9. The van der Waals surface area contributed by atoms with Crippen LogP contribution >= 0.6 is 0 Å². The lowest BCUT2D eigenvalue weighted by atomic mass is 9.79. The highest BCUT2D eigenvalue weighted by Crippen LogP contribution is 2.34. The van der Waals surface area contributed by atoms with Crippen LogP contribution in [-0.2, 0) is 19.6 Å². The van der Waals surface area contributed by atoms with Gasteiger partial charge in [-0.15, -0.1) is 0 Å². The molecule has 1 amide bonds. The Hall–Kier alpha value is -1.55. The predicted octanol–water partition coefficient (Wildman–Crippen LogP) is 2.13. The molecule has 1 aromatic rings. The smallest absolute Gasteiger partial charge is 0.243 e. The molecule has 7 nitrogen and oxygen atoms in total. The number of ether oxygens (including phenoxy) is 1. The van der Waals surface area contributed by atoms with Crippen molar-refractivity contribution in [2.45, 2.75) is 61.4 Å². The van der Waals surface area contributed by atoms with E-state index in [0.29, 0.717) is 39.1 Å². The Bertz CT molecular complexity index is 865. The maximum absolute atomic E-state index is 13.2. The summed E-state index contributed by atoms with van der Waals surface area (Å²) in [5, 5.41) is 3.11. The quantitative estimate of drug-likeness (QED) is 0.714. The molecule has 1 aromatic carbocycles. The van der Waals surface area contributed by atoms with Gasteiger partial charge in [0.05, 0.1) is 18.1 Å². The fourth-order valence-corrected chi connectivity index (χ4v) is 6.91. The van der Waals surface area contributed by atoms with Crippen molar-refractivity contribution in [2.75, 3.05) is 39.4 Å². The number of nitrogens with one attached hydrogen (secondary N) is 1. The predicted molar refractivity (Wildman–Crippen MR) is 115 cm³/mol. The van der Waals surface area contributed by atoms with Crippen LogP contribution in [0, 0.1) is 5.82 Å². The first-order chi connectivity index (χ1) is 14.9. The molecule has 2 aliphatic heterocycles. The van der Waals surface area contributed by atoms with E-state index in [1.165, 1.54) is 22.9 Å². The second-order valence-corrected chi connectivity index (χ2v) is 10.7. The Labute approximate surface area is 184 Å². The van der Waals surface area contributed by atoms with Gasteiger partial charge in [-0.05, 0) is 49.9 Å². The molecule has 3 aliphatic rings. The highest BCUT2D eigenvalue weighted by molar-refractivity contribution is 7.89. The summed E-state index contributed by atoms with van der Waals surface area (Å²) < 4.78 is 46.2. The maximum atomic E-state index is 13.2. The number of benzene rings is 1. The van der Waals surface area contributed by atoms with Gasteiger partial charge in [-0.2, -0.15) is 4.31 Å². The average Bonchev–Trinajstić information content (AvgIpc) is 3.30. The van der Waals surface area contributed by atoms with Crippen molar-refractivity contribution in [3.63, 3.8) is 0 Å². The first kappa shape index (κ1) is 22.6. The van der Waals surface area contributed by atoms with Crippen LogP contribution in [0.5, 0.6) is 0 Å². The minimum absolute atomic E-state index is 0.0191. The van der Waals surface area contributed by atoms with Crippen LogP contribution in [0.2, 0.25) is 0 Å². The number of carbonyl (C=O) groups excluding carboxylic acids is 1. The van der Waals surface area contributed by atoms with Crippen molar-refractivity contribution in [1.29, 1.82) is 0 Å². The van der Waals surface area contributed by atoms with E-state index in [9.17, 15) is 17.6 Å². The molecule has 1 N–H and O–H groups in total. The van der Waals surface area contributed by atoms with Crippen molar-refractivity contribution in [2.24, 2.45) is 0 Å². The zero-order valence-corrected chi connectivity index (χ0v) is 18.7. The number of hydrogen-bond acceptors (Lipinski definition) is 5. The van der Waals surface area contributed by atoms with E-state index in [-0.39, 0.29) is 16.3 Å². The highest BCUT2D eigenvalue weighted by atomic mass is 32.2. The molecule has 4 rings (SSSR count). The fraction of sp³-hybridized carbons (Fsp3) is 0.682. The van der Waals surface area contributed by atoms with E-state index in [1.54, 1.807) is 0 Å². The van der Waals surface area contributed by atoms with E-state index >= 15 is 0 Å². The van der Waals surface area contributed by atoms with Crippen molar-refractivity contribution in [3.8, 4) is 0 Å². The summed E-state index contributed by atoms with van der Waals surface area (Å²) in [6.07, 6.45) is 6.70. The summed E-state index contributed by atoms with van der Waals surface area (Å²) >= 11 is 0. The summed E-state index contributed by atoms with van der Waals surface area (Å²) in [6.45, 7) is 3.98. The maximum Gasteiger partial charge on any atom is 0.243 e. The molecule has 0 radical (unpaired) electrons. The molecular formula is C22H32FN3O4S. The van der Waals surface area contributed by atoms with Crippen molar-refractivity contribution < 1.29 is 22.3 Å². The third-order valence-electron chi connectivity index (χ3n) is 6.98. The van der Waals surface area contributed by atoms with Gasteiger partial charge in [0, 0.05) is 31.7 Å². The fourth-order valence-electron chi connectivity index (χ4n) is 5.25. The Kier molecular flexibility index (Phi) is 6.95. The summed E-state index contributed by atoms with van der Waals surface area (Å²) in [7, 11) is -3.85. The number of nitrogens with zero attached hydrogens (tertiary/aromatic N) is 2. The molecule has 9 heteroatoms. The monoisotopic (exact) mass is 453 g/mol. The van der Waals surface area contributed by atoms with E-state index in [2.05, 4.69) is 10.2 Å². The minimum atomic E-state index is -3.85. The van der Waals surface area contributed by atoms with E-state index in [0.717, 1.165) is 50.9 Å². The van der Waals surface area contributed by atoms with Gasteiger partial charge in [-0.1, -0.05) is 19.3 Å². The standard InChI is InChI=1S/C22H32FN3O4S/c23-18-6-8-19(9-7-18)31(28,29)26-12-4-5-20(26)21(27)24-17-22(10-2-1-3-11-22)25-13-15-30-16-14-25/h6-9,20H,1-5,10-17H2,(H,24,27)/t20-/m0/s1. The molecule has 0 bridgehead atoms. The third-order valence-corrected chi connectivity index (χ3v) is 8.91. The van der Waals surface area contributed by atoms with Crippen LogP contribution in [0.1, 0.15) is 44.9 Å². The average molecular weight is 454 g/mol. The van der Waals surface area contributed by atoms with Crippen LogP contribution in [0.4, 0.5) is 4.39 Å². The van der Waals surface area contributed by atoms with Crippen LogP contribution in [0.15, 0.2) is 29.2 Å². The lowest BCUT2D eigenvalue weighted by molar-refractivity contribution is -0.125. The van der Waals surface area contributed by atoms with Gasteiger partial charge in [0.15, 0.2) is 0 Å². The lowest BCUT2D eigenvalue weighted by Crippen LogP contribution is -2.60. The summed E-state index contributed by atoms with van der Waals surface area (Å²) in [5.41, 5.74) is -0.0725. The second kappa shape index (κ2) is 9.52. The number of sulfonamides is 1. The topological polar surface area (TPSA) is 79.0 Å². The van der Waals surface area contributed by atoms with Gasteiger partial charge in [-0.3, -0.25) is 9.69 Å². The third kappa shape index (κ3) is 4.79. The second-order valence-electron chi connectivity index (χ2n) is 8.83. The number of rotatable bonds is 6. The molecule has 3 fully saturated rings. The van der Waals surface area contributed by atoms with E-state index in [1.807, 2.05) is 0 Å². The van der Waals surface area contributed by atoms with Gasteiger partial charge in [0.25, 0.3) is 0 Å². The lowest BCUT2D eigenvalue weighted by Gasteiger charge is -2.48. The van der Waals surface area contributed by atoms with E-state index < -0.39 is 21.9 Å². The van der Waals surface area contributed by atoms with Gasteiger partial charge in [0.2, 0.25) is 15.9 Å². The Morgan fingerprint density at radius 3 is 2.42 bits per heavy atom. The van der Waals surface area contributed by atoms with Crippen LogP contribution in [-0.4, -0.2) is 74.5 Å². The van der Waals surface area contributed by atoms with Gasteiger partial charge >= 0.3 is 0 Å². The number of halogens is 1. The molecular weight excluding hydrogens is 421 g/mol. The number of hydrogen-bond donors (Lipinski definition) is 1. The largest absolute Gasteiger partial charge is 0.379 e. The highest BCUT2D eigenvalue weighted by Gasteiger charge is 2.42. The van der Waals surface area contributed by atoms with Crippen LogP contribution in [0.3, 0.4) is 0 Å². The number of morpholine rings is 1. The van der Waals surface area contributed by atoms with Gasteiger partial charge < -0.3 is 10.1 Å². The zero-order valence-electron chi connectivity index (χ0n) is 17.9. The Morgan fingerprint density at radius 1 is 1.06 bits per heavy atom. The molecule has 2 saturated heterocycles. The van der Waals surface area contributed by atoms with Crippen LogP contribution < -0.4 is 5.32 Å². The van der Waals surface area contributed by atoms with Crippen LogP contribution in [0.25, 0.3) is 0 Å². The summed E-state index contributed by atoms with van der Waals surface area (Å²) in [4.78, 5) is 15.6. The molecule has 1 saturated carbocycles. The molecule has 1 atom stereocenters. The number of carbonyl (C=O) groups is 1. The normalized spacial score (nSPS) is 25.4. The van der Waals surface area contributed by atoms with E-state index in [4.69, 9.17) is 4.74 Å². The molecule has 0 spiro atoms. The Balaban J connectivity index is 1.46. The van der Waals surface area contributed by atoms with Gasteiger partial charge in [0.1, 0.15) is 11.9 Å². The Morgan fingerprint density at radius 2 is 1.74 bits per heavy atom. The number of amides is 1. The molecule has 0 unspecified atom stereocenters.